The minimum Gasteiger partial charge on any atom is -0.484 e. The second-order valence-electron chi connectivity index (χ2n) is 4.96. The van der Waals surface area contributed by atoms with E-state index < -0.39 is 0 Å². The Kier molecular flexibility index (Phi) is 5.85. The molecule has 0 aliphatic rings. The molecule has 1 aromatic carbocycles. The van der Waals surface area contributed by atoms with Crippen molar-refractivity contribution in [3.8, 4) is 15.6 Å². The molecule has 0 radical (unpaired) electrons. The molecule has 1 amide bonds. The zero-order chi connectivity index (χ0) is 16.8. The van der Waals surface area contributed by atoms with E-state index in [1.165, 1.54) is 4.88 Å². The average Bonchev–Trinajstić information content (AvgIpc) is 3.25. The maximum absolute atomic E-state index is 11.8. The van der Waals surface area contributed by atoms with E-state index in [2.05, 4.69) is 16.4 Å². The van der Waals surface area contributed by atoms with Gasteiger partial charge in [0.15, 0.2) is 6.61 Å². The highest BCUT2D eigenvalue weighted by molar-refractivity contribution is 7.20. The van der Waals surface area contributed by atoms with Crippen LogP contribution in [0.2, 0.25) is 5.02 Å². The lowest BCUT2D eigenvalue weighted by Crippen LogP contribution is -2.30. The smallest absolute Gasteiger partial charge is 0.257 e. The van der Waals surface area contributed by atoms with Crippen molar-refractivity contribution in [1.82, 2.24) is 10.3 Å². The number of rotatable bonds is 7. The number of hydrogen-bond acceptors (Lipinski definition) is 5. The number of carbonyl (C=O) groups is 1. The second kappa shape index (κ2) is 8.28. The molecule has 0 atom stereocenters. The van der Waals surface area contributed by atoms with Gasteiger partial charge in [0.1, 0.15) is 10.8 Å². The summed E-state index contributed by atoms with van der Waals surface area (Å²) in [6.07, 6.45) is 0.703. The van der Waals surface area contributed by atoms with Crippen molar-refractivity contribution in [2.24, 2.45) is 0 Å². The normalized spacial score (nSPS) is 10.5. The molecule has 0 aliphatic carbocycles. The fraction of sp³-hybridized carbons (Fsp3) is 0.176. The van der Waals surface area contributed by atoms with Gasteiger partial charge in [-0.1, -0.05) is 17.7 Å². The van der Waals surface area contributed by atoms with Gasteiger partial charge in [-0.15, -0.1) is 22.7 Å². The van der Waals surface area contributed by atoms with Crippen molar-refractivity contribution in [1.29, 1.82) is 0 Å². The summed E-state index contributed by atoms with van der Waals surface area (Å²) in [7, 11) is 0. The lowest BCUT2D eigenvalue weighted by molar-refractivity contribution is -0.123. The van der Waals surface area contributed by atoms with Crippen molar-refractivity contribution < 1.29 is 9.53 Å². The summed E-state index contributed by atoms with van der Waals surface area (Å²) in [6.45, 7) is 0.523. The van der Waals surface area contributed by atoms with Gasteiger partial charge in [-0.2, -0.15) is 0 Å². The Morgan fingerprint density at radius 3 is 2.79 bits per heavy atom. The van der Waals surface area contributed by atoms with Crippen LogP contribution < -0.4 is 10.1 Å². The van der Waals surface area contributed by atoms with Gasteiger partial charge < -0.3 is 10.1 Å². The van der Waals surface area contributed by atoms with E-state index in [1.807, 2.05) is 16.8 Å². The minimum atomic E-state index is -0.154. The zero-order valence-electron chi connectivity index (χ0n) is 12.7. The van der Waals surface area contributed by atoms with Gasteiger partial charge in [0, 0.05) is 23.4 Å². The number of thiazole rings is 1. The zero-order valence-corrected chi connectivity index (χ0v) is 15.1. The molecule has 0 unspecified atom stereocenters. The third kappa shape index (κ3) is 4.80. The third-order valence-electron chi connectivity index (χ3n) is 3.17. The van der Waals surface area contributed by atoms with Crippen LogP contribution in [0.1, 0.15) is 5.69 Å². The number of ether oxygens (including phenoxy) is 1. The first-order valence-electron chi connectivity index (χ1n) is 7.34. The molecule has 0 saturated carbocycles. The molecule has 2 heterocycles. The summed E-state index contributed by atoms with van der Waals surface area (Å²) in [6, 6.07) is 11.0. The predicted octanol–water partition coefficient (Wildman–Crippen LogP) is 4.26. The number of benzene rings is 1. The fourth-order valence-electron chi connectivity index (χ4n) is 2.00. The van der Waals surface area contributed by atoms with Gasteiger partial charge in [0.2, 0.25) is 0 Å². The van der Waals surface area contributed by atoms with Crippen molar-refractivity contribution in [2.75, 3.05) is 13.2 Å². The predicted molar refractivity (Wildman–Crippen MR) is 99.1 cm³/mol. The summed E-state index contributed by atoms with van der Waals surface area (Å²) >= 11 is 9.10. The maximum atomic E-state index is 11.8. The summed E-state index contributed by atoms with van der Waals surface area (Å²) in [5.41, 5.74) is 0.988. The Balaban J connectivity index is 1.40. The Morgan fingerprint density at radius 2 is 2.04 bits per heavy atom. The fourth-order valence-corrected chi connectivity index (χ4v) is 3.79. The maximum Gasteiger partial charge on any atom is 0.257 e. The van der Waals surface area contributed by atoms with Gasteiger partial charge in [-0.25, -0.2) is 4.98 Å². The Bertz CT molecular complexity index is 785. The van der Waals surface area contributed by atoms with Crippen molar-refractivity contribution in [2.45, 2.75) is 6.42 Å². The van der Waals surface area contributed by atoms with Gasteiger partial charge in [0.25, 0.3) is 5.91 Å². The van der Waals surface area contributed by atoms with Crippen LogP contribution in [-0.4, -0.2) is 24.0 Å². The van der Waals surface area contributed by atoms with E-state index in [0.29, 0.717) is 23.7 Å². The Hall–Kier alpha value is -1.89. The highest BCUT2D eigenvalue weighted by atomic mass is 35.5. The summed E-state index contributed by atoms with van der Waals surface area (Å²) < 4.78 is 5.40. The van der Waals surface area contributed by atoms with E-state index >= 15 is 0 Å². The molecule has 3 aromatic rings. The molecule has 0 spiro atoms. The number of amides is 1. The molecule has 1 N–H and O–H groups in total. The third-order valence-corrected chi connectivity index (χ3v) is 5.35. The van der Waals surface area contributed by atoms with Crippen molar-refractivity contribution in [3.63, 3.8) is 0 Å². The van der Waals surface area contributed by atoms with E-state index in [9.17, 15) is 4.79 Å². The molecular weight excluding hydrogens is 364 g/mol. The molecule has 3 rings (SSSR count). The summed E-state index contributed by atoms with van der Waals surface area (Å²) in [4.78, 5) is 17.5. The van der Waals surface area contributed by atoms with E-state index in [-0.39, 0.29) is 12.5 Å². The first-order valence-corrected chi connectivity index (χ1v) is 9.48. The van der Waals surface area contributed by atoms with Gasteiger partial charge in [-0.05, 0) is 35.7 Å². The number of thiophene rings is 1. The lowest BCUT2D eigenvalue weighted by atomic mass is 10.3. The molecule has 0 aliphatic heterocycles. The van der Waals surface area contributed by atoms with E-state index in [1.54, 1.807) is 46.9 Å². The standard InChI is InChI=1S/C17H15ClN2O2S2/c18-12-3-5-14(6-4-12)22-10-16(21)19-8-7-13-11-24-17(20-13)15-2-1-9-23-15/h1-6,9,11H,7-8,10H2,(H,19,21). The van der Waals surface area contributed by atoms with Crippen LogP contribution in [0.25, 0.3) is 9.88 Å². The molecule has 124 valence electrons. The van der Waals surface area contributed by atoms with Gasteiger partial charge in [-0.3, -0.25) is 4.79 Å². The minimum absolute atomic E-state index is 0.0147. The van der Waals surface area contributed by atoms with Crippen molar-refractivity contribution >= 4 is 40.2 Å². The molecule has 24 heavy (non-hydrogen) atoms. The quantitative estimate of drug-likeness (QED) is 0.668. The number of nitrogens with one attached hydrogen (secondary N) is 1. The average molecular weight is 379 g/mol. The first-order chi connectivity index (χ1) is 11.7. The number of nitrogens with zero attached hydrogens (tertiary/aromatic N) is 1. The Morgan fingerprint density at radius 1 is 1.21 bits per heavy atom. The highest BCUT2D eigenvalue weighted by Gasteiger charge is 2.07. The number of hydrogen-bond donors (Lipinski definition) is 1. The van der Waals surface area contributed by atoms with Crippen molar-refractivity contribution in [3.05, 3.63) is 57.9 Å². The first kappa shape index (κ1) is 17.0. The SMILES string of the molecule is O=C(COc1ccc(Cl)cc1)NCCc1csc(-c2cccs2)n1. The highest BCUT2D eigenvalue weighted by Crippen LogP contribution is 2.27. The molecule has 0 bridgehead atoms. The monoisotopic (exact) mass is 378 g/mol. The molecule has 4 nitrogen and oxygen atoms in total. The van der Waals surface area contributed by atoms with Crippen LogP contribution in [0.5, 0.6) is 5.75 Å². The Labute approximate surface area is 153 Å². The number of halogens is 1. The van der Waals surface area contributed by atoms with Crippen LogP contribution in [0.3, 0.4) is 0 Å². The van der Waals surface area contributed by atoms with Crippen LogP contribution in [-0.2, 0) is 11.2 Å². The van der Waals surface area contributed by atoms with E-state index in [4.69, 9.17) is 16.3 Å². The summed E-state index contributed by atoms with van der Waals surface area (Å²) in [5.74, 6) is 0.466. The molecular formula is C17H15ClN2O2S2. The van der Waals surface area contributed by atoms with Crippen LogP contribution in [0.15, 0.2) is 47.2 Å². The van der Waals surface area contributed by atoms with Crippen LogP contribution in [0, 0.1) is 0 Å². The summed E-state index contributed by atoms with van der Waals surface area (Å²) in [5, 5.41) is 8.57. The molecule has 0 fully saturated rings. The van der Waals surface area contributed by atoms with E-state index in [0.717, 1.165) is 10.7 Å². The molecule has 0 saturated heterocycles. The molecule has 2 aromatic heterocycles. The largest absolute Gasteiger partial charge is 0.484 e. The van der Waals surface area contributed by atoms with Gasteiger partial charge >= 0.3 is 0 Å². The number of aromatic nitrogens is 1. The van der Waals surface area contributed by atoms with Crippen LogP contribution in [0.4, 0.5) is 0 Å². The van der Waals surface area contributed by atoms with Gasteiger partial charge in [0.05, 0.1) is 10.6 Å². The molecule has 7 heteroatoms. The second-order valence-corrected chi connectivity index (χ2v) is 7.21. The van der Waals surface area contributed by atoms with Crippen LogP contribution >= 0.6 is 34.3 Å². The topological polar surface area (TPSA) is 51.2 Å². The number of carbonyl (C=O) groups excluding carboxylic acids is 1. The lowest BCUT2D eigenvalue weighted by Gasteiger charge is -2.07.